The summed E-state index contributed by atoms with van der Waals surface area (Å²) >= 11 is 15.4. The second-order valence-electron chi connectivity index (χ2n) is 4.55. The third-order valence-electron chi connectivity index (χ3n) is 3.35. The van der Waals surface area contributed by atoms with Crippen LogP contribution >= 0.6 is 39.1 Å². The van der Waals surface area contributed by atoms with Gasteiger partial charge >= 0.3 is 0 Å². The van der Waals surface area contributed by atoms with Gasteiger partial charge in [-0.1, -0.05) is 45.6 Å². The maximum atomic E-state index is 12.2. The van der Waals surface area contributed by atoms with Gasteiger partial charge < -0.3 is 5.32 Å². The van der Waals surface area contributed by atoms with Gasteiger partial charge in [0.2, 0.25) is 0 Å². The quantitative estimate of drug-likeness (QED) is 0.809. The molecule has 18 heavy (non-hydrogen) atoms. The normalized spacial score (nSPS) is 23.1. The summed E-state index contributed by atoms with van der Waals surface area (Å²) in [6.45, 7) is 0. The van der Waals surface area contributed by atoms with Crippen LogP contribution in [0.5, 0.6) is 0 Å². The molecular formula is C13H14BrCl2NO. The van der Waals surface area contributed by atoms with Gasteiger partial charge in [0.15, 0.2) is 0 Å². The summed E-state index contributed by atoms with van der Waals surface area (Å²) < 4.78 is 0. The predicted molar refractivity (Wildman–Crippen MR) is 78.9 cm³/mol. The molecule has 0 heterocycles. The molecule has 98 valence electrons. The number of carbonyl (C=O) groups excluding carboxylic acids is 1. The highest BCUT2D eigenvalue weighted by Crippen LogP contribution is 2.28. The van der Waals surface area contributed by atoms with E-state index < -0.39 is 0 Å². The molecule has 0 spiro atoms. The van der Waals surface area contributed by atoms with Crippen molar-refractivity contribution in [3.05, 3.63) is 33.8 Å². The monoisotopic (exact) mass is 349 g/mol. The number of benzene rings is 1. The first-order valence-corrected chi connectivity index (χ1v) is 7.81. The zero-order valence-corrected chi connectivity index (χ0v) is 12.9. The molecule has 1 N–H and O–H groups in total. The molecule has 0 aromatic heterocycles. The number of halogens is 3. The van der Waals surface area contributed by atoms with Crippen LogP contribution in [0.2, 0.25) is 10.0 Å². The van der Waals surface area contributed by atoms with E-state index in [1.54, 1.807) is 18.2 Å². The number of nitrogens with one attached hydrogen (secondary N) is 1. The van der Waals surface area contributed by atoms with Crippen molar-refractivity contribution < 1.29 is 4.79 Å². The van der Waals surface area contributed by atoms with Crippen molar-refractivity contribution in [3.63, 3.8) is 0 Å². The maximum Gasteiger partial charge on any atom is 0.253 e. The molecule has 0 bridgehead atoms. The summed E-state index contributed by atoms with van der Waals surface area (Å²) in [6.07, 6.45) is 3.34. The van der Waals surface area contributed by atoms with Crippen molar-refractivity contribution in [1.82, 2.24) is 5.32 Å². The Kier molecular flexibility index (Phi) is 4.93. The zero-order chi connectivity index (χ0) is 13.1. The Morgan fingerprint density at radius 1 is 1.39 bits per heavy atom. The predicted octanol–water partition coefficient (Wildman–Crippen LogP) is 4.29. The van der Waals surface area contributed by atoms with E-state index in [-0.39, 0.29) is 11.9 Å². The van der Waals surface area contributed by atoms with Gasteiger partial charge in [-0.05, 0) is 37.0 Å². The number of hydrogen-bond acceptors (Lipinski definition) is 1. The topological polar surface area (TPSA) is 29.1 Å². The maximum absolute atomic E-state index is 12.2. The number of alkyl halides is 1. The summed E-state index contributed by atoms with van der Waals surface area (Å²) in [5.41, 5.74) is 0.449. The molecule has 1 aliphatic carbocycles. The van der Waals surface area contributed by atoms with Gasteiger partial charge in [0.25, 0.3) is 5.91 Å². The van der Waals surface area contributed by atoms with Gasteiger partial charge in [-0.15, -0.1) is 0 Å². The Balaban J connectivity index is 2.09. The van der Waals surface area contributed by atoms with Crippen molar-refractivity contribution in [2.75, 3.05) is 5.33 Å². The van der Waals surface area contributed by atoms with Crippen molar-refractivity contribution in [1.29, 1.82) is 0 Å². The molecule has 1 fully saturated rings. The standard InChI is InChI=1S/C13H14BrCl2NO/c14-7-8-2-1-3-12(8)17-13(18)10-6-9(15)4-5-11(10)16/h4-6,8,12H,1-3,7H2,(H,17,18). The SMILES string of the molecule is O=C(NC1CCCC1CBr)c1cc(Cl)ccc1Cl. The lowest BCUT2D eigenvalue weighted by Crippen LogP contribution is -2.38. The lowest BCUT2D eigenvalue weighted by molar-refractivity contribution is 0.0930. The highest BCUT2D eigenvalue weighted by atomic mass is 79.9. The molecule has 2 unspecified atom stereocenters. The van der Waals surface area contributed by atoms with Crippen LogP contribution in [-0.2, 0) is 0 Å². The lowest BCUT2D eigenvalue weighted by atomic mass is 10.1. The minimum Gasteiger partial charge on any atom is -0.349 e. The van der Waals surface area contributed by atoms with Crippen LogP contribution in [0.1, 0.15) is 29.6 Å². The van der Waals surface area contributed by atoms with Crippen LogP contribution in [-0.4, -0.2) is 17.3 Å². The summed E-state index contributed by atoms with van der Waals surface area (Å²) in [5.74, 6) is 0.368. The van der Waals surface area contributed by atoms with Gasteiger partial charge in [0, 0.05) is 16.4 Å². The Morgan fingerprint density at radius 2 is 2.17 bits per heavy atom. The zero-order valence-electron chi connectivity index (χ0n) is 9.76. The fraction of sp³-hybridized carbons (Fsp3) is 0.462. The van der Waals surface area contributed by atoms with E-state index >= 15 is 0 Å². The molecule has 5 heteroatoms. The second-order valence-corrected chi connectivity index (χ2v) is 6.04. The first-order valence-electron chi connectivity index (χ1n) is 5.93. The Bertz CT molecular complexity index is 453. The van der Waals surface area contributed by atoms with E-state index in [0.29, 0.717) is 21.5 Å². The van der Waals surface area contributed by atoms with Gasteiger partial charge in [0.1, 0.15) is 0 Å². The minimum atomic E-state index is -0.139. The molecule has 1 aliphatic rings. The molecule has 0 radical (unpaired) electrons. The number of carbonyl (C=O) groups is 1. The van der Waals surface area contributed by atoms with Crippen molar-refractivity contribution >= 4 is 45.0 Å². The molecular weight excluding hydrogens is 337 g/mol. The Morgan fingerprint density at radius 3 is 2.89 bits per heavy atom. The largest absolute Gasteiger partial charge is 0.349 e. The van der Waals surface area contributed by atoms with E-state index in [1.807, 2.05) is 0 Å². The van der Waals surface area contributed by atoms with Gasteiger partial charge in [-0.2, -0.15) is 0 Å². The van der Waals surface area contributed by atoms with E-state index in [4.69, 9.17) is 23.2 Å². The molecule has 0 aliphatic heterocycles. The van der Waals surface area contributed by atoms with E-state index in [9.17, 15) is 4.79 Å². The first-order chi connectivity index (χ1) is 8.61. The lowest BCUT2D eigenvalue weighted by Gasteiger charge is -2.19. The Hall–Kier alpha value is -0.250. The smallest absolute Gasteiger partial charge is 0.253 e. The van der Waals surface area contributed by atoms with Crippen LogP contribution in [0, 0.1) is 5.92 Å². The molecule has 1 saturated carbocycles. The minimum absolute atomic E-state index is 0.139. The van der Waals surface area contributed by atoms with E-state index in [1.165, 1.54) is 0 Å². The van der Waals surface area contributed by atoms with Crippen LogP contribution in [0.4, 0.5) is 0 Å². The third-order valence-corrected chi connectivity index (χ3v) is 4.74. The fourth-order valence-electron chi connectivity index (χ4n) is 2.33. The number of hydrogen-bond donors (Lipinski definition) is 1. The fourth-order valence-corrected chi connectivity index (χ4v) is 3.48. The number of amides is 1. The van der Waals surface area contributed by atoms with Crippen LogP contribution in [0.25, 0.3) is 0 Å². The Labute approximate surface area is 125 Å². The van der Waals surface area contributed by atoms with Gasteiger partial charge in [-0.3, -0.25) is 4.79 Å². The summed E-state index contributed by atoms with van der Waals surface area (Å²) in [7, 11) is 0. The highest BCUT2D eigenvalue weighted by molar-refractivity contribution is 9.09. The molecule has 0 saturated heterocycles. The average molecular weight is 351 g/mol. The van der Waals surface area contributed by atoms with E-state index in [2.05, 4.69) is 21.2 Å². The molecule has 1 aromatic carbocycles. The molecule has 2 atom stereocenters. The molecule has 1 aromatic rings. The molecule has 2 nitrogen and oxygen atoms in total. The van der Waals surface area contributed by atoms with Gasteiger partial charge in [-0.25, -0.2) is 0 Å². The molecule has 2 rings (SSSR count). The van der Waals surface area contributed by atoms with Crippen LogP contribution in [0.15, 0.2) is 18.2 Å². The van der Waals surface area contributed by atoms with Gasteiger partial charge in [0.05, 0.1) is 10.6 Å². The first kappa shape index (κ1) is 14.2. The van der Waals surface area contributed by atoms with Crippen molar-refractivity contribution in [2.24, 2.45) is 5.92 Å². The van der Waals surface area contributed by atoms with Crippen LogP contribution < -0.4 is 5.32 Å². The number of rotatable bonds is 3. The van der Waals surface area contributed by atoms with Crippen molar-refractivity contribution in [3.8, 4) is 0 Å². The van der Waals surface area contributed by atoms with Crippen molar-refractivity contribution in [2.45, 2.75) is 25.3 Å². The average Bonchev–Trinajstić information content (AvgIpc) is 2.79. The summed E-state index contributed by atoms with van der Waals surface area (Å²) in [5, 5.41) is 4.93. The highest BCUT2D eigenvalue weighted by Gasteiger charge is 2.28. The van der Waals surface area contributed by atoms with Crippen LogP contribution in [0.3, 0.4) is 0 Å². The third kappa shape index (κ3) is 3.19. The summed E-state index contributed by atoms with van der Waals surface area (Å²) in [4.78, 5) is 12.2. The second kappa shape index (κ2) is 6.27. The molecule has 1 amide bonds. The van der Waals surface area contributed by atoms with E-state index in [0.717, 1.165) is 24.6 Å². The summed E-state index contributed by atoms with van der Waals surface area (Å²) in [6, 6.07) is 5.16.